The Morgan fingerprint density at radius 3 is 2.50 bits per heavy atom. The summed E-state index contributed by atoms with van der Waals surface area (Å²) in [6.07, 6.45) is 0. The van der Waals surface area contributed by atoms with Crippen molar-refractivity contribution in [2.45, 2.75) is 6.92 Å². The number of hydrogen-bond donors (Lipinski definition) is 1. The van der Waals surface area contributed by atoms with Crippen molar-refractivity contribution in [3.8, 4) is 0 Å². The fourth-order valence-electron chi connectivity index (χ4n) is 2.22. The zero-order valence-corrected chi connectivity index (χ0v) is 10.8. The van der Waals surface area contributed by atoms with Gasteiger partial charge in [0.15, 0.2) is 0 Å². The number of hydrogen-bond acceptors (Lipinski definition) is 3. The van der Waals surface area contributed by atoms with Crippen LogP contribution in [0.3, 0.4) is 0 Å². The molecule has 1 fully saturated rings. The molecule has 2 rings (SSSR count). The lowest BCUT2D eigenvalue weighted by molar-refractivity contribution is 0.0856. The van der Waals surface area contributed by atoms with Crippen molar-refractivity contribution >= 4 is 11.7 Å². The molecule has 0 spiro atoms. The first-order valence-corrected chi connectivity index (χ1v) is 6.11. The summed E-state index contributed by atoms with van der Waals surface area (Å²) >= 11 is 0. The number of hydroxylamine groups is 1. The highest BCUT2D eigenvalue weighted by atomic mass is 16.6. The summed E-state index contributed by atoms with van der Waals surface area (Å²) in [5.41, 5.74) is 4.87. The van der Waals surface area contributed by atoms with Crippen LogP contribution in [0, 0.1) is 6.92 Å². The lowest BCUT2D eigenvalue weighted by Crippen LogP contribution is -2.51. The topological polar surface area (TPSA) is 44.8 Å². The van der Waals surface area contributed by atoms with Crippen molar-refractivity contribution in [3.05, 3.63) is 29.8 Å². The standard InChI is InChI=1S/C13H19N3O2/c1-11-5-3-4-6-12(11)15-7-9-16(10-8-15)13(17)14-18-2/h3-6H,7-10H2,1-2H3,(H,14,17). The van der Waals surface area contributed by atoms with Gasteiger partial charge in [-0.3, -0.25) is 4.84 Å². The molecule has 98 valence electrons. The van der Waals surface area contributed by atoms with Crippen molar-refractivity contribution in [2.75, 3.05) is 38.2 Å². The minimum atomic E-state index is -0.165. The number of piperazine rings is 1. The predicted molar refractivity (Wildman–Crippen MR) is 70.5 cm³/mol. The van der Waals surface area contributed by atoms with Crippen LogP contribution in [-0.2, 0) is 4.84 Å². The molecule has 2 amide bonds. The highest BCUT2D eigenvalue weighted by Crippen LogP contribution is 2.20. The fourth-order valence-corrected chi connectivity index (χ4v) is 2.22. The summed E-state index contributed by atoms with van der Waals surface area (Å²) in [6, 6.07) is 8.16. The van der Waals surface area contributed by atoms with Crippen molar-refractivity contribution < 1.29 is 9.63 Å². The van der Waals surface area contributed by atoms with E-state index in [0.29, 0.717) is 13.1 Å². The molecule has 1 saturated heterocycles. The first-order chi connectivity index (χ1) is 8.72. The van der Waals surface area contributed by atoms with Gasteiger partial charge in [0.1, 0.15) is 0 Å². The number of carbonyl (C=O) groups excluding carboxylic acids is 1. The van der Waals surface area contributed by atoms with E-state index in [1.807, 2.05) is 12.1 Å². The molecule has 0 atom stereocenters. The number of urea groups is 1. The molecular weight excluding hydrogens is 230 g/mol. The number of carbonyl (C=O) groups is 1. The average molecular weight is 249 g/mol. The maximum absolute atomic E-state index is 11.6. The highest BCUT2D eigenvalue weighted by Gasteiger charge is 2.21. The summed E-state index contributed by atoms with van der Waals surface area (Å²) in [5.74, 6) is 0. The van der Waals surface area contributed by atoms with Crippen LogP contribution in [0.15, 0.2) is 24.3 Å². The van der Waals surface area contributed by atoms with Crippen LogP contribution >= 0.6 is 0 Å². The molecule has 1 aromatic rings. The van der Waals surface area contributed by atoms with Crippen LogP contribution in [-0.4, -0.2) is 44.2 Å². The predicted octanol–water partition coefficient (Wildman–Crippen LogP) is 1.39. The lowest BCUT2D eigenvalue weighted by atomic mass is 10.1. The van der Waals surface area contributed by atoms with Gasteiger partial charge in [-0.05, 0) is 18.6 Å². The number of benzene rings is 1. The smallest absolute Gasteiger partial charge is 0.341 e. The Morgan fingerprint density at radius 2 is 1.89 bits per heavy atom. The molecule has 1 N–H and O–H groups in total. The molecule has 0 aliphatic carbocycles. The first kappa shape index (κ1) is 12.7. The summed E-state index contributed by atoms with van der Waals surface area (Å²) in [6.45, 7) is 5.23. The van der Waals surface area contributed by atoms with Gasteiger partial charge in [0, 0.05) is 31.9 Å². The van der Waals surface area contributed by atoms with E-state index in [1.165, 1.54) is 18.4 Å². The zero-order valence-electron chi connectivity index (χ0n) is 10.8. The Balaban J connectivity index is 1.95. The summed E-state index contributed by atoms with van der Waals surface area (Å²) in [7, 11) is 1.45. The van der Waals surface area contributed by atoms with Crippen molar-refractivity contribution in [3.63, 3.8) is 0 Å². The van der Waals surface area contributed by atoms with Crippen LogP contribution in [0.5, 0.6) is 0 Å². The number of nitrogens with one attached hydrogen (secondary N) is 1. The quantitative estimate of drug-likeness (QED) is 0.806. The van der Waals surface area contributed by atoms with Crippen molar-refractivity contribution in [1.82, 2.24) is 10.4 Å². The van der Waals surface area contributed by atoms with E-state index in [1.54, 1.807) is 4.90 Å². The third-order valence-electron chi connectivity index (χ3n) is 3.21. The van der Waals surface area contributed by atoms with Crippen LogP contribution in [0.2, 0.25) is 0 Å². The van der Waals surface area contributed by atoms with Crippen LogP contribution in [0.1, 0.15) is 5.56 Å². The Bertz CT molecular complexity index is 414. The summed E-state index contributed by atoms with van der Waals surface area (Å²) in [4.78, 5) is 20.3. The minimum absolute atomic E-state index is 0.165. The second-order valence-electron chi connectivity index (χ2n) is 4.37. The Labute approximate surface area is 107 Å². The number of anilines is 1. The van der Waals surface area contributed by atoms with Crippen molar-refractivity contribution in [2.24, 2.45) is 0 Å². The number of nitrogens with zero attached hydrogens (tertiary/aromatic N) is 2. The molecule has 5 heteroatoms. The van der Waals surface area contributed by atoms with E-state index in [4.69, 9.17) is 0 Å². The molecule has 0 bridgehead atoms. The first-order valence-electron chi connectivity index (χ1n) is 6.11. The molecule has 0 aromatic heterocycles. The largest absolute Gasteiger partial charge is 0.368 e. The fraction of sp³-hybridized carbons (Fsp3) is 0.462. The van der Waals surface area contributed by atoms with Gasteiger partial charge in [-0.25, -0.2) is 10.3 Å². The third kappa shape index (κ3) is 2.73. The maximum atomic E-state index is 11.6. The van der Waals surface area contributed by atoms with E-state index in [2.05, 4.69) is 34.3 Å². The van der Waals surface area contributed by atoms with Gasteiger partial charge in [0.25, 0.3) is 0 Å². The van der Waals surface area contributed by atoms with Crippen molar-refractivity contribution in [1.29, 1.82) is 0 Å². The average Bonchev–Trinajstić information content (AvgIpc) is 2.40. The molecule has 1 aliphatic heterocycles. The number of rotatable bonds is 2. The number of para-hydroxylation sites is 1. The molecule has 1 aromatic carbocycles. The Morgan fingerprint density at radius 1 is 1.22 bits per heavy atom. The van der Waals surface area contributed by atoms with Gasteiger partial charge < -0.3 is 9.80 Å². The number of amides is 2. The van der Waals surface area contributed by atoms with Gasteiger partial charge >= 0.3 is 6.03 Å². The van der Waals surface area contributed by atoms with E-state index in [-0.39, 0.29) is 6.03 Å². The van der Waals surface area contributed by atoms with E-state index in [0.717, 1.165) is 13.1 Å². The van der Waals surface area contributed by atoms with Gasteiger partial charge in [-0.2, -0.15) is 0 Å². The van der Waals surface area contributed by atoms with E-state index < -0.39 is 0 Å². The maximum Gasteiger partial charge on any atom is 0.341 e. The van der Waals surface area contributed by atoms with E-state index >= 15 is 0 Å². The SMILES string of the molecule is CONC(=O)N1CCN(c2ccccc2C)CC1. The molecule has 0 saturated carbocycles. The molecule has 18 heavy (non-hydrogen) atoms. The Kier molecular flexibility index (Phi) is 4.04. The van der Waals surface area contributed by atoms with Gasteiger partial charge in [-0.1, -0.05) is 18.2 Å². The summed E-state index contributed by atoms with van der Waals surface area (Å²) < 4.78 is 0. The van der Waals surface area contributed by atoms with Crippen LogP contribution < -0.4 is 10.4 Å². The van der Waals surface area contributed by atoms with Gasteiger partial charge in [0.05, 0.1) is 7.11 Å². The summed E-state index contributed by atoms with van der Waals surface area (Å²) in [5, 5.41) is 0. The van der Waals surface area contributed by atoms with Gasteiger partial charge in [0.2, 0.25) is 0 Å². The monoisotopic (exact) mass is 249 g/mol. The molecule has 0 radical (unpaired) electrons. The second kappa shape index (κ2) is 5.73. The minimum Gasteiger partial charge on any atom is -0.368 e. The molecule has 5 nitrogen and oxygen atoms in total. The molecule has 1 heterocycles. The van der Waals surface area contributed by atoms with Gasteiger partial charge in [-0.15, -0.1) is 0 Å². The third-order valence-corrected chi connectivity index (χ3v) is 3.21. The van der Waals surface area contributed by atoms with Crippen LogP contribution in [0.4, 0.5) is 10.5 Å². The highest BCUT2D eigenvalue weighted by molar-refractivity contribution is 5.73. The van der Waals surface area contributed by atoms with Crippen LogP contribution in [0.25, 0.3) is 0 Å². The van der Waals surface area contributed by atoms with E-state index in [9.17, 15) is 4.79 Å². The second-order valence-corrected chi connectivity index (χ2v) is 4.37. The lowest BCUT2D eigenvalue weighted by Gasteiger charge is -2.36. The molecule has 1 aliphatic rings. The number of aryl methyl sites for hydroxylation is 1. The zero-order chi connectivity index (χ0) is 13.0. The molecular formula is C13H19N3O2. The molecule has 0 unspecified atom stereocenters. The Hall–Kier alpha value is -1.75. The normalized spacial score (nSPS) is 15.7.